The molecule has 0 aromatic heterocycles. The van der Waals surface area contributed by atoms with Crippen molar-refractivity contribution in [2.45, 2.75) is 19.8 Å². The van der Waals surface area contributed by atoms with E-state index < -0.39 is 0 Å². The molecule has 2 aromatic rings. The topological polar surface area (TPSA) is 67.9 Å². The Kier molecular flexibility index (Phi) is 6.76. The summed E-state index contributed by atoms with van der Waals surface area (Å²) >= 11 is 5.54. The van der Waals surface area contributed by atoms with Gasteiger partial charge in [-0.2, -0.15) is 0 Å². The molecule has 0 atom stereocenters. The number of carbonyl (C=O) groups excluding carboxylic acids is 2. The molecule has 1 aliphatic heterocycles. The lowest BCUT2D eigenvalue weighted by atomic mass is 10.2. The number of amides is 2. The third-order valence-electron chi connectivity index (χ3n) is 4.34. The smallest absolute Gasteiger partial charge is 0.265 e. The third-order valence-corrected chi connectivity index (χ3v) is 4.58. The lowest BCUT2D eigenvalue weighted by Crippen LogP contribution is -2.39. The number of nitrogens with one attached hydrogen (secondary N) is 1. The van der Waals surface area contributed by atoms with Crippen LogP contribution in [0, 0.1) is 6.92 Å². The number of halogens is 1. The average molecular weight is 403 g/mol. The Balaban J connectivity index is 1.57. The zero-order chi connectivity index (χ0) is 19.9. The second-order valence-electron chi connectivity index (χ2n) is 6.57. The zero-order valence-electron chi connectivity index (χ0n) is 15.7. The lowest BCUT2D eigenvalue weighted by Gasteiger charge is -2.30. The first kappa shape index (κ1) is 20.0. The number of anilines is 2. The number of unbranched alkanes of at least 4 members (excludes halogenated alkanes) is 1. The van der Waals surface area contributed by atoms with Crippen molar-refractivity contribution in [3.63, 3.8) is 0 Å². The Labute approximate surface area is 169 Å². The van der Waals surface area contributed by atoms with Crippen LogP contribution >= 0.6 is 11.6 Å². The van der Waals surface area contributed by atoms with Crippen molar-refractivity contribution in [2.24, 2.45) is 0 Å². The summed E-state index contributed by atoms with van der Waals surface area (Å²) in [5, 5.41) is 2.69. The molecule has 2 aromatic carbocycles. The molecule has 148 valence electrons. The minimum absolute atomic E-state index is 0.0141. The number of benzene rings is 2. The lowest BCUT2D eigenvalue weighted by molar-refractivity contribution is -0.121. The molecular weight excluding hydrogens is 380 g/mol. The first-order valence-electron chi connectivity index (χ1n) is 9.19. The van der Waals surface area contributed by atoms with Gasteiger partial charge in [0.15, 0.2) is 6.61 Å². The number of rotatable bonds is 8. The fourth-order valence-electron chi connectivity index (χ4n) is 2.99. The Morgan fingerprint density at radius 1 is 1.25 bits per heavy atom. The summed E-state index contributed by atoms with van der Waals surface area (Å²) in [5.41, 5.74) is 2.39. The van der Waals surface area contributed by atoms with E-state index in [4.69, 9.17) is 21.1 Å². The number of hydrogen-bond donors (Lipinski definition) is 1. The highest BCUT2D eigenvalue weighted by molar-refractivity contribution is 6.29. The second kappa shape index (κ2) is 9.46. The Morgan fingerprint density at radius 3 is 2.89 bits per heavy atom. The van der Waals surface area contributed by atoms with Crippen LogP contribution in [0.3, 0.4) is 0 Å². The maximum atomic E-state index is 12.3. The van der Waals surface area contributed by atoms with Crippen LogP contribution in [-0.2, 0) is 9.59 Å². The van der Waals surface area contributed by atoms with E-state index in [-0.39, 0.29) is 24.3 Å². The molecular formula is C21H23ClN2O4. The summed E-state index contributed by atoms with van der Waals surface area (Å²) in [6.45, 7) is 3.18. The monoisotopic (exact) mass is 402 g/mol. The third kappa shape index (κ3) is 5.16. The standard InChI is InChI=1S/C21H23ClN2O4/c1-15-5-4-6-17(11-15)27-10-3-2-9-24-18-12-16(23-20(25)13-22)7-8-19(18)28-14-21(24)26/h4-8,11-12H,2-3,9-10,13-14H2,1H3,(H,23,25). The van der Waals surface area contributed by atoms with Gasteiger partial charge in [-0.1, -0.05) is 12.1 Å². The Morgan fingerprint density at radius 2 is 2.11 bits per heavy atom. The van der Waals surface area contributed by atoms with Crippen LogP contribution in [-0.4, -0.2) is 37.5 Å². The van der Waals surface area contributed by atoms with Crippen LogP contribution < -0.4 is 19.7 Å². The Hall–Kier alpha value is -2.73. The molecule has 0 radical (unpaired) electrons. The van der Waals surface area contributed by atoms with Crippen molar-refractivity contribution in [3.8, 4) is 11.5 Å². The summed E-state index contributed by atoms with van der Waals surface area (Å²) in [7, 11) is 0. The van der Waals surface area contributed by atoms with Crippen LogP contribution in [0.15, 0.2) is 42.5 Å². The molecule has 7 heteroatoms. The predicted octanol–water partition coefficient (Wildman–Crippen LogP) is 3.76. The molecule has 0 unspecified atom stereocenters. The molecule has 0 spiro atoms. The van der Waals surface area contributed by atoms with E-state index in [1.807, 2.05) is 31.2 Å². The summed E-state index contributed by atoms with van der Waals surface area (Å²) in [4.78, 5) is 25.5. The van der Waals surface area contributed by atoms with Gasteiger partial charge in [0.1, 0.15) is 17.4 Å². The molecule has 0 saturated heterocycles. The second-order valence-corrected chi connectivity index (χ2v) is 6.84. The molecule has 1 aliphatic rings. The van der Waals surface area contributed by atoms with Gasteiger partial charge in [0.2, 0.25) is 5.91 Å². The highest BCUT2D eigenvalue weighted by Gasteiger charge is 2.25. The summed E-state index contributed by atoms with van der Waals surface area (Å²) in [6.07, 6.45) is 1.60. The molecule has 0 bridgehead atoms. The van der Waals surface area contributed by atoms with Crippen LogP contribution in [0.4, 0.5) is 11.4 Å². The van der Waals surface area contributed by atoms with Gasteiger partial charge in [-0.05, 0) is 55.7 Å². The van der Waals surface area contributed by atoms with Gasteiger partial charge in [-0.3, -0.25) is 9.59 Å². The number of hydrogen-bond acceptors (Lipinski definition) is 4. The molecule has 28 heavy (non-hydrogen) atoms. The zero-order valence-corrected chi connectivity index (χ0v) is 16.5. The highest BCUT2D eigenvalue weighted by atomic mass is 35.5. The van der Waals surface area contributed by atoms with Crippen molar-refractivity contribution >= 4 is 34.8 Å². The van der Waals surface area contributed by atoms with Crippen LogP contribution in [0.2, 0.25) is 0 Å². The SMILES string of the molecule is Cc1cccc(OCCCCN2C(=O)COc3ccc(NC(=O)CCl)cc32)c1. The van der Waals surface area contributed by atoms with E-state index in [1.165, 1.54) is 0 Å². The molecule has 0 fully saturated rings. The molecule has 6 nitrogen and oxygen atoms in total. The number of carbonyl (C=O) groups is 2. The van der Waals surface area contributed by atoms with Crippen LogP contribution in [0.1, 0.15) is 18.4 Å². The largest absolute Gasteiger partial charge is 0.494 e. The van der Waals surface area contributed by atoms with E-state index in [1.54, 1.807) is 23.1 Å². The van der Waals surface area contributed by atoms with E-state index in [2.05, 4.69) is 5.32 Å². The number of ether oxygens (including phenoxy) is 2. The molecule has 3 rings (SSSR count). The van der Waals surface area contributed by atoms with Crippen molar-refractivity contribution in [2.75, 3.05) is 35.9 Å². The van der Waals surface area contributed by atoms with Crippen LogP contribution in [0.5, 0.6) is 11.5 Å². The predicted molar refractivity (Wildman–Crippen MR) is 110 cm³/mol. The van der Waals surface area contributed by atoms with Gasteiger partial charge in [0.05, 0.1) is 12.3 Å². The number of alkyl halides is 1. The van der Waals surface area contributed by atoms with Crippen LogP contribution in [0.25, 0.3) is 0 Å². The van der Waals surface area contributed by atoms with E-state index in [0.717, 1.165) is 24.2 Å². The average Bonchev–Trinajstić information content (AvgIpc) is 2.69. The van der Waals surface area contributed by atoms with Gasteiger partial charge in [-0.25, -0.2) is 0 Å². The Bertz CT molecular complexity index is 856. The van der Waals surface area contributed by atoms with Crippen molar-refractivity contribution in [1.29, 1.82) is 0 Å². The minimum Gasteiger partial charge on any atom is -0.494 e. The highest BCUT2D eigenvalue weighted by Crippen LogP contribution is 2.34. The van der Waals surface area contributed by atoms with Gasteiger partial charge < -0.3 is 19.7 Å². The maximum Gasteiger partial charge on any atom is 0.265 e. The molecule has 2 amide bonds. The fourth-order valence-corrected chi connectivity index (χ4v) is 3.05. The molecule has 0 aliphatic carbocycles. The summed E-state index contributed by atoms with van der Waals surface area (Å²) < 4.78 is 11.3. The van der Waals surface area contributed by atoms with Crippen molar-refractivity contribution < 1.29 is 19.1 Å². The van der Waals surface area contributed by atoms with Gasteiger partial charge in [0.25, 0.3) is 5.91 Å². The normalized spacial score (nSPS) is 12.9. The molecule has 1 N–H and O–H groups in total. The maximum absolute atomic E-state index is 12.3. The first-order valence-corrected chi connectivity index (χ1v) is 9.73. The van der Waals surface area contributed by atoms with E-state index in [9.17, 15) is 9.59 Å². The van der Waals surface area contributed by atoms with Crippen molar-refractivity contribution in [1.82, 2.24) is 0 Å². The summed E-state index contributed by atoms with van der Waals surface area (Å²) in [6, 6.07) is 13.1. The van der Waals surface area contributed by atoms with Crippen molar-refractivity contribution in [3.05, 3.63) is 48.0 Å². The minimum atomic E-state index is -0.301. The first-order chi connectivity index (χ1) is 13.6. The van der Waals surface area contributed by atoms with E-state index >= 15 is 0 Å². The quantitative estimate of drug-likeness (QED) is 0.539. The number of aryl methyl sites for hydroxylation is 1. The fraction of sp³-hybridized carbons (Fsp3) is 0.333. The number of fused-ring (bicyclic) bond motifs is 1. The molecule has 1 heterocycles. The van der Waals surface area contributed by atoms with Gasteiger partial charge in [0, 0.05) is 12.2 Å². The van der Waals surface area contributed by atoms with Gasteiger partial charge in [-0.15, -0.1) is 11.6 Å². The van der Waals surface area contributed by atoms with Gasteiger partial charge >= 0.3 is 0 Å². The molecule has 0 saturated carbocycles. The summed E-state index contributed by atoms with van der Waals surface area (Å²) in [5.74, 6) is 0.946. The number of nitrogens with zero attached hydrogens (tertiary/aromatic N) is 1. The van der Waals surface area contributed by atoms with E-state index in [0.29, 0.717) is 30.3 Å².